The predicted octanol–water partition coefficient (Wildman–Crippen LogP) is 2.93. The highest BCUT2D eigenvalue weighted by atomic mass is 16.5. The molecule has 2 N–H and O–H groups in total. The van der Waals surface area contributed by atoms with Crippen molar-refractivity contribution in [2.75, 3.05) is 20.7 Å². The summed E-state index contributed by atoms with van der Waals surface area (Å²) in [4.78, 5) is 24.0. The summed E-state index contributed by atoms with van der Waals surface area (Å²) in [6, 6.07) is 4.85. The number of nitrogens with one attached hydrogen (secondary N) is 1. The number of urea groups is 1. The van der Waals surface area contributed by atoms with Crippen LogP contribution >= 0.6 is 0 Å². The number of hydrogen-bond donors (Lipinski definition) is 2. The van der Waals surface area contributed by atoms with Gasteiger partial charge >= 0.3 is 12.0 Å². The Morgan fingerprint density at radius 1 is 1.42 bits per heavy atom. The molecule has 2 aromatic rings. The Morgan fingerprint density at radius 2 is 2.12 bits per heavy atom. The zero-order valence-electron chi connectivity index (χ0n) is 14.3. The molecule has 0 saturated heterocycles. The van der Waals surface area contributed by atoms with E-state index in [1.807, 2.05) is 32.0 Å². The molecule has 0 fully saturated rings. The highest BCUT2D eigenvalue weighted by Crippen LogP contribution is 2.31. The first-order valence-electron chi connectivity index (χ1n) is 7.64. The number of aliphatic carboxylic acids is 1. The normalized spacial score (nSPS) is 12.0. The minimum Gasteiger partial charge on any atom is -0.497 e. The molecule has 0 bridgehead atoms. The number of amides is 2. The second-order valence-corrected chi connectivity index (χ2v) is 5.69. The Kier molecular flexibility index (Phi) is 5.33. The van der Waals surface area contributed by atoms with Crippen molar-refractivity contribution in [2.45, 2.75) is 26.3 Å². The summed E-state index contributed by atoms with van der Waals surface area (Å²) in [6.45, 7) is 3.90. The average molecular weight is 334 g/mol. The number of benzene rings is 1. The quantitative estimate of drug-likeness (QED) is 0.847. The van der Waals surface area contributed by atoms with Crippen LogP contribution in [0.15, 0.2) is 22.6 Å². The number of aryl methyl sites for hydroxylation is 1. The molecule has 1 aromatic carbocycles. The second-order valence-electron chi connectivity index (χ2n) is 5.69. The van der Waals surface area contributed by atoms with Crippen molar-refractivity contribution in [1.82, 2.24) is 10.2 Å². The van der Waals surface area contributed by atoms with Gasteiger partial charge < -0.3 is 24.5 Å². The zero-order chi connectivity index (χ0) is 17.9. The highest BCUT2D eigenvalue weighted by molar-refractivity contribution is 5.84. The van der Waals surface area contributed by atoms with Gasteiger partial charge in [-0.3, -0.25) is 4.79 Å². The Bertz CT molecular complexity index is 753. The van der Waals surface area contributed by atoms with Crippen molar-refractivity contribution in [1.29, 1.82) is 0 Å². The van der Waals surface area contributed by atoms with Crippen molar-refractivity contribution < 1.29 is 23.8 Å². The van der Waals surface area contributed by atoms with Gasteiger partial charge in [0, 0.05) is 24.5 Å². The van der Waals surface area contributed by atoms with Crippen LogP contribution in [0.2, 0.25) is 0 Å². The van der Waals surface area contributed by atoms with Crippen molar-refractivity contribution >= 4 is 23.0 Å². The van der Waals surface area contributed by atoms with E-state index >= 15 is 0 Å². The minimum absolute atomic E-state index is 0.0955. The molecule has 24 heavy (non-hydrogen) atoms. The van der Waals surface area contributed by atoms with Gasteiger partial charge in [0.1, 0.15) is 17.1 Å². The Labute approximate surface area is 140 Å². The molecule has 2 rings (SSSR count). The third-order valence-corrected chi connectivity index (χ3v) is 3.92. The maximum Gasteiger partial charge on any atom is 0.317 e. The molecule has 0 aliphatic rings. The lowest BCUT2D eigenvalue weighted by molar-refractivity contribution is -0.137. The summed E-state index contributed by atoms with van der Waals surface area (Å²) >= 11 is 0. The van der Waals surface area contributed by atoms with Crippen LogP contribution in [0.4, 0.5) is 4.79 Å². The van der Waals surface area contributed by atoms with Crippen LogP contribution in [0.25, 0.3) is 11.0 Å². The first-order valence-corrected chi connectivity index (χ1v) is 7.64. The number of carboxylic acid groups (broad SMARTS) is 1. The third kappa shape index (κ3) is 3.79. The third-order valence-electron chi connectivity index (χ3n) is 3.92. The van der Waals surface area contributed by atoms with E-state index in [2.05, 4.69) is 5.32 Å². The number of carboxylic acids is 1. The molecule has 7 nitrogen and oxygen atoms in total. The number of carbonyl (C=O) groups excluding carboxylic acids is 1. The predicted molar refractivity (Wildman–Crippen MR) is 89.3 cm³/mol. The van der Waals surface area contributed by atoms with E-state index in [-0.39, 0.29) is 25.0 Å². The van der Waals surface area contributed by atoms with Crippen molar-refractivity contribution in [2.24, 2.45) is 0 Å². The molecule has 130 valence electrons. The smallest absolute Gasteiger partial charge is 0.317 e. The number of methoxy groups -OCH3 is 1. The summed E-state index contributed by atoms with van der Waals surface area (Å²) in [5.74, 6) is 0.464. The van der Waals surface area contributed by atoms with Crippen LogP contribution in [0, 0.1) is 6.92 Å². The maximum atomic E-state index is 12.1. The topological polar surface area (TPSA) is 92.0 Å². The lowest BCUT2D eigenvalue weighted by atomic mass is 10.1. The van der Waals surface area contributed by atoms with Gasteiger partial charge in [-0.05, 0) is 32.0 Å². The molecular formula is C17H22N2O5. The standard InChI is InChI=1S/C17H22N2O5/c1-10-13-9-12(23-4)5-6-14(13)24-16(10)11(2)18-17(22)19(3)8-7-15(20)21/h5-6,9,11H,7-8H2,1-4H3,(H,18,22)(H,20,21). The van der Waals surface area contributed by atoms with Crippen molar-refractivity contribution in [3.8, 4) is 5.75 Å². The summed E-state index contributed by atoms with van der Waals surface area (Å²) in [5, 5.41) is 12.4. The maximum absolute atomic E-state index is 12.1. The van der Waals surface area contributed by atoms with E-state index in [1.165, 1.54) is 4.90 Å². The summed E-state index contributed by atoms with van der Waals surface area (Å²) < 4.78 is 11.1. The van der Waals surface area contributed by atoms with Gasteiger partial charge in [0.15, 0.2) is 0 Å². The summed E-state index contributed by atoms with van der Waals surface area (Å²) in [6.07, 6.45) is -0.0955. The van der Waals surface area contributed by atoms with E-state index in [0.717, 1.165) is 22.3 Å². The van der Waals surface area contributed by atoms with Crippen LogP contribution in [0.1, 0.15) is 30.7 Å². The lowest BCUT2D eigenvalue weighted by Crippen LogP contribution is -2.39. The van der Waals surface area contributed by atoms with E-state index < -0.39 is 5.97 Å². The average Bonchev–Trinajstić information content (AvgIpc) is 2.88. The summed E-state index contributed by atoms with van der Waals surface area (Å²) in [7, 11) is 3.16. The SMILES string of the molecule is COc1ccc2oc(C(C)NC(=O)N(C)CCC(=O)O)c(C)c2c1. The summed E-state index contributed by atoms with van der Waals surface area (Å²) in [5.41, 5.74) is 1.66. The van der Waals surface area contributed by atoms with Gasteiger partial charge in [0.05, 0.1) is 19.6 Å². The molecule has 1 atom stereocenters. The number of hydrogen-bond acceptors (Lipinski definition) is 4. The molecule has 0 spiro atoms. The van der Waals surface area contributed by atoms with Crippen LogP contribution < -0.4 is 10.1 Å². The Morgan fingerprint density at radius 3 is 2.75 bits per heavy atom. The fraction of sp³-hybridized carbons (Fsp3) is 0.412. The number of furan rings is 1. The van der Waals surface area contributed by atoms with E-state index in [9.17, 15) is 9.59 Å². The molecule has 7 heteroatoms. The van der Waals surface area contributed by atoms with Crippen LogP contribution in [-0.4, -0.2) is 42.7 Å². The van der Waals surface area contributed by atoms with Crippen LogP contribution in [-0.2, 0) is 4.79 Å². The highest BCUT2D eigenvalue weighted by Gasteiger charge is 2.20. The first kappa shape index (κ1) is 17.7. The number of fused-ring (bicyclic) bond motifs is 1. The molecule has 0 saturated carbocycles. The minimum atomic E-state index is -0.940. The van der Waals surface area contributed by atoms with Crippen molar-refractivity contribution in [3.63, 3.8) is 0 Å². The monoisotopic (exact) mass is 334 g/mol. The van der Waals surface area contributed by atoms with Gasteiger partial charge in [-0.2, -0.15) is 0 Å². The van der Waals surface area contributed by atoms with E-state index in [4.69, 9.17) is 14.3 Å². The molecule has 1 heterocycles. The van der Waals surface area contributed by atoms with Crippen molar-refractivity contribution in [3.05, 3.63) is 29.5 Å². The Hall–Kier alpha value is -2.70. The first-order chi connectivity index (χ1) is 11.3. The Balaban J connectivity index is 2.13. The largest absolute Gasteiger partial charge is 0.497 e. The van der Waals surface area contributed by atoms with Gasteiger partial charge in [0.2, 0.25) is 0 Å². The van der Waals surface area contributed by atoms with Crippen LogP contribution in [0.3, 0.4) is 0 Å². The number of rotatable bonds is 6. The van der Waals surface area contributed by atoms with E-state index in [1.54, 1.807) is 14.2 Å². The van der Waals surface area contributed by atoms with Gasteiger partial charge in [-0.1, -0.05) is 0 Å². The fourth-order valence-electron chi connectivity index (χ4n) is 2.48. The molecule has 0 radical (unpaired) electrons. The number of nitrogens with zero attached hydrogens (tertiary/aromatic N) is 1. The van der Waals surface area contributed by atoms with Gasteiger partial charge in [0.25, 0.3) is 0 Å². The molecule has 2 amide bonds. The lowest BCUT2D eigenvalue weighted by Gasteiger charge is -2.20. The van der Waals surface area contributed by atoms with Gasteiger partial charge in [-0.15, -0.1) is 0 Å². The molecular weight excluding hydrogens is 312 g/mol. The second kappa shape index (κ2) is 7.25. The number of carbonyl (C=O) groups is 2. The van der Waals surface area contributed by atoms with Gasteiger partial charge in [-0.25, -0.2) is 4.79 Å². The molecule has 0 aliphatic heterocycles. The fourth-order valence-corrected chi connectivity index (χ4v) is 2.48. The van der Waals surface area contributed by atoms with Crippen LogP contribution in [0.5, 0.6) is 5.75 Å². The zero-order valence-corrected chi connectivity index (χ0v) is 14.3. The molecule has 0 aliphatic carbocycles. The number of ether oxygens (including phenoxy) is 1. The molecule has 1 aromatic heterocycles. The molecule has 1 unspecified atom stereocenters. The van der Waals surface area contributed by atoms with E-state index in [0.29, 0.717) is 5.76 Å².